The predicted octanol–water partition coefficient (Wildman–Crippen LogP) is 2.96. The number of carbonyl (C=O) groups is 1. The lowest BCUT2D eigenvalue weighted by Gasteiger charge is -2.12. The van der Waals surface area contributed by atoms with Crippen molar-refractivity contribution >= 4 is 17.5 Å². The zero-order valence-corrected chi connectivity index (χ0v) is 12.6. The summed E-state index contributed by atoms with van der Waals surface area (Å²) in [5, 5.41) is 14.9. The molecule has 3 rings (SSSR count). The zero-order valence-electron chi connectivity index (χ0n) is 12.6. The van der Waals surface area contributed by atoms with Gasteiger partial charge in [0, 0.05) is 17.9 Å². The molecular weight excluding hydrogens is 290 g/mol. The Morgan fingerprint density at radius 2 is 2.09 bits per heavy atom. The summed E-state index contributed by atoms with van der Waals surface area (Å²) in [7, 11) is 0. The third-order valence-electron chi connectivity index (χ3n) is 3.83. The Morgan fingerprint density at radius 1 is 1.26 bits per heavy atom. The van der Waals surface area contributed by atoms with Gasteiger partial charge in [0.25, 0.3) is 5.91 Å². The van der Waals surface area contributed by atoms with Crippen LogP contribution in [0.1, 0.15) is 41.7 Å². The summed E-state index contributed by atoms with van der Waals surface area (Å²) in [5.74, 6) is 0.160. The second-order valence-corrected chi connectivity index (χ2v) is 5.54. The first-order valence-electron chi connectivity index (χ1n) is 7.66. The molecule has 1 aromatic carbocycles. The monoisotopic (exact) mass is 307 g/mol. The van der Waals surface area contributed by atoms with Crippen LogP contribution < -0.4 is 10.6 Å². The standard InChI is InChI=1S/C17H17N5O/c18-11-12-4-3-7-14(10-12)20-16(23)15-8-9-19-17(22-15)21-13-5-1-2-6-13/h3-4,7-10,13H,1-2,5-6H2,(H,20,23)(H,19,21,22). The number of benzene rings is 1. The van der Waals surface area contributed by atoms with E-state index in [1.807, 2.05) is 6.07 Å². The molecule has 2 N–H and O–H groups in total. The minimum absolute atomic E-state index is 0.294. The largest absolute Gasteiger partial charge is 0.351 e. The van der Waals surface area contributed by atoms with Crippen LogP contribution in [0.15, 0.2) is 36.5 Å². The van der Waals surface area contributed by atoms with Gasteiger partial charge < -0.3 is 10.6 Å². The summed E-state index contributed by atoms with van der Waals surface area (Å²) in [6.07, 6.45) is 6.23. The van der Waals surface area contributed by atoms with Gasteiger partial charge in [-0.25, -0.2) is 9.97 Å². The van der Waals surface area contributed by atoms with Crippen molar-refractivity contribution in [2.45, 2.75) is 31.7 Å². The number of nitrogens with zero attached hydrogens (tertiary/aromatic N) is 3. The lowest BCUT2D eigenvalue weighted by atomic mass is 10.2. The fourth-order valence-corrected chi connectivity index (χ4v) is 2.67. The first-order valence-corrected chi connectivity index (χ1v) is 7.66. The molecule has 0 bridgehead atoms. The lowest BCUT2D eigenvalue weighted by molar-refractivity contribution is 0.102. The van der Waals surface area contributed by atoms with Gasteiger partial charge in [0.2, 0.25) is 5.95 Å². The highest BCUT2D eigenvalue weighted by Gasteiger charge is 2.16. The van der Waals surface area contributed by atoms with Crippen LogP contribution in [0.4, 0.5) is 11.6 Å². The van der Waals surface area contributed by atoms with Gasteiger partial charge in [-0.05, 0) is 37.1 Å². The zero-order chi connectivity index (χ0) is 16.1. The maximum atomic E-state index is 12.3. The third-order valence-corrected chi connectivity index (χ3v) is 3.83. The van der Waals surface area contributed by atoms with Gasteiger partial charge in [-0.2, -0.15) is 5.26 Å². The fraction of sp³-hybridized carbons (Fsp3) is 0.294. The van der Waals surface area contributed by atoms with Crippen molar-refractivity contribution in [1.82, 2.24) is 9.97 Å². The summed E-state index contributed by atoms with van der Waals surface area (Å²) < 4.78 is 0. The summed E-state index contributed by atoms with van der Waals surface area (Å²) in [4.78, 5) is 20.7. The Bertz CT molecular complexity index is 747. The minimum atomic E-state index is -0.322. The molecule has 1 aliphatic carbocycles. The fourth-order valence-electron chi connectivity index (χ4n) is 2.67. The van der Waals surface area contributed by atoms with Gasteiger partial charge in [-0.3, -0.25) is 4.79 Å². The second-order valence-electron chi connectivity index (χ2n) is 5.54. The first-order chi connectivity index (χ1) is 11.2. The molecule has 0 atom stereocenters. The van der Waals surface area contributed by atoms with Crippen molar-refractivity contribution < 1.29 is 4.79 Å². The Morgan fingerprint density at radius 3 is 2.87 bits per heavy atom. The van der Waals surface area contributed by atoms with Crippen LogP contribution in [0.25, 0.3) is 0 Å². The van der Waals surface area contributed by atoms with E-state index >= 15 is 0 Å². The van der Waals surface area contributed by atoms with Crippen molar-refractivity contribution in [2.24, 2.45) is 0 Å². The molecule has 0 aliphatic heterocycles. The Kier molecular flexibility index (Phi) is 4.48. The molecule has 2 aromatic rings. The number of aromatic nitrogens is 2. The average molecular weight is 307 g/mol. The van der Waals surface area contributed by atoms with Crippen LogP contribution in [0.5, 0.6) is 0 Å². The van der Waals surface area contributed by atoms with Gasteiger partial charge in [-0.1, -0.05) is 18.9 Å². The van der Waals surface area contributed by atoms with E-state index in [0.717, 1.165) is 12.8 Å². The molecule has 116 valence electrons. The topological polar surface area (TPSA) is 90.7 Å². The van der Waals surface area contributed by atoms with E-state index in [9.17, 15) is 4.79 Å². The Labute approximate surface area is 134 Å². The molecular formula is C17H17N5O. The van der Waals surface area contributed by atoms with Crippen LogP contribution >= 0.6 is 0 Å². The van der Waals surface area contributed by atoms with E-state index in [1.165, 1.54) is 12.8 Å². The van der Waals surface area contributed by atoms with E-state index in [-0.39, 0.29) is 5.91 Å². The summed E-state index contributed by atoms with van der Waals surface area (Å²) in [6.45, 7) is 0. The number of amides is 1. The normalized spacial score (nSPS) is 14.2. The maximum Gasteiger partial charge on any atom is 0.274 e. The van der Waals surface area contributed by atoms with Crippen LogP contribution in [-0.4, -0.2) is 21.9 Å². The predicted molar refractivity (Wildman–Crippen MR) is 87.0 cm³/mol. The lowest BCUT2D eigenvalue weighted by Crippen LogP contribution is -2.19. The molecule has 0 radical (unpaired) electrons. The molecule has 23 heavy (non-hydrogen) atoms. The molecule has 6 heteroatoms. The van der Waals surface area contributed by atoms with Crippen LogP contribution in [-0.2, 0) is 0 Å². The second kappa shape index (κ2) is 6.88. The Hall–Kier alpha value is -2.94. The number of carbonyl (C=O) groups excluding carboxylic acids is 1. The molecule has 1 saturated carbocycles. The van der Waals surface area contributed by atoms with Crippen LogP contribution in [0.3, 0.4) is 0 Å². The van der Waals surface area contributed by atoms with Gasteiger partial charge >= 0.3 is 0 Å². The van der Waals surface area contributed by atoms with Crippen molar-refractivity contribution in [1.29, 1.82) is 5.26 Å². The van der Waals surface area contributed by atoms with Crippen LogP contribution in [0.2, 0.25) is 0 Å². The molecule has 0 spiro atoms. The van der Waals surface area contributed by atoms with Crippen molar-refractivity contribution in [2.75, 3.05) is 10.6 Å². The quantitative estimate of drug-likeness (QED) is 0.906. The molecule has 1 aromatic heterocycles. The summed E-state index contributed by atoms with van der Waals surface area (Å²) >= 11 is 0. The van der Waals surface area contributed by atoms with E-state index < -0.39 is 0 Å². The highest BCUT2D eigenvalue weighted by molar-refractivity contribution is 6.03. The first kappa shape index (κ1) is 15.0. The van der Waals surface area contributed by atoms with Gasteiger partial charge in [0.15, 0.2) is 0 Å². The number of anilines is 2. The number of nitriles is 1. The minimum Gasteiger partial charge on any atom is -0.351 e. The number of hydrogen-bond acceptors (Lipinski definition) is 5. The SMILES string of the molecule is N#Cc1cccc(NC(=O)c2ccnc(NC3CCCC3)n2)c1. The smallest absolute Gasteiger partial charge is 0.274 e. The highest BCUT2D eigenvalue weighted by atomic mass is 16.1. The molecule has 6 nitrogen and oxygen atoms in total. The molecule has 1 heterocycles. The van der Waals surface area contributed by atoms with E-state index in [4.69, 9.17) is 5.26 Å². The molecule has 1 aliphatic rings. The number of hydrogen-bond donors (Lipinski definition) is 2. The van der Waals surface area contributed by atoms with Gasteiger partial charge in [0.05, 0.1) is 11.6 Å². The van der Waals surface area contributed by atoms with E-state index in [1.54, 1.807) is 36.5 Å². The van der Waals surface area contributed by atoms with E-state index in [0.29, 0.717) is 28.9 Å². The number of rotatable bonds is 4. The van der Waals surface area contributed by atoms with E-state index in [2.05, 4.69) is 20.6 Å². The Balaban J connectivity index is 1.70. The van der Waals surface area contributed by atoms with Gasteiger partial charge in [-0.15, -0.1) is 0 Å². The molecule has 1 fully saturated rings. The van der Waals surface area contributed by atoms with Crippen LogP contribution in [0, 0.1) is 11.3 Å². The summed E-state index contributed by atoms with van der Waals surface area (Å²) in [5.41, 5.74) is 1.36. The molecule has 1 amide bonds. The molecule has 0 saturated heterocycles. The van der Waals surface area contributed by atoms with Crippen molar-refractivity contribution in [3.8, 4) is 6.07 Å². The van der Waals surface area contributed by atoms with Gasteiger partial charge in [0.1, 0.15) is 5.69 Å². The summed E-state index contributed by atoms with van der Waals surface area (Å²) in [6, 6.07) is 10.8. The third kappa shape index (κ3) is 3.83. The van der Waals surface area contributed by atoms with Crippen molar-refractivity contribution in [3.63, 3.8) is 0 Å². The average Bonchev–Trinajstić information content (AvgIpc) is 3.08. The highest BCUT2D eigenvalue weighted by Crippen LogP contribution is 2.20. The molecule has 0 unspecified atom stereocenters. The van der Waals surface area contributed by atoms with Crippen molar-refractivity contribution in [3.05, 3.63) is 47.8 Å². The number of nitrogens with one attached hydrogen (secondary N) is 2. The maximum absolute atomic E-state index is 12.3.